The number of aryl methyl sites for hydroxylation is 1. The minimum Gasteiger partial charge on any atom is -0.348 e. The molecule has 19 heavy (non-hydrogen) atoms. The van der Waals surface area contributed by atoms with Crippen molar-refractivity contribution in [1.82, 2.24) is 20.5 Å². The number of H-pyrrole nitrogens is 1. The minimum atomic E-state index is 0.00838. The highest BCUT2D eigenvalue weighted by Crippen LogP contribution is 2.13. The molecule has 0 aliphatic carbocycles. The molecule has 0 saturated carbocycles. The second kappa shape index (κ2) is 6.94. The molecule has 1 heterocycles. The lowest BCUT2D eigenvalue weighted by Gasteiger charge is -2.04. The third-order valence-electron chi connectivity index (χ3n) is 2.50. The predicted molar refractivity (Wildman–Crippen MR) is 75.6 cm³/mol. The van der Waals surface area contributed by atoms with Gasteiger partial charge in [-0.25, -0.2) is 4.98 Å². The number of hydrogen-bond acceptors (Lipinski definition) is 4. The van der Waals surface area contributed by atoms with Gasteiger partial charge < -0.3 is 5.32 Å². The van der Waals surface area contributed by atoms with Crippen molar-refractivity contribution in [2.75, 3.05) is 5.75 Å². The molecule has 0 aliphatic rings. The average Bonchev–Trinajstić information content (AvgIpc) is 2.89. The molecule has 6 heteroatoms. The highest BCUT2D eigenvalue weighted by molar-refractivity contribution is 7.99. The van der Waals surface area contributed by atoms with Gasteiger partial charge in [0.1, 0.15) is 12.2 Å². The molecule has 0 spiro atoms. The number of carbonyl (C=O) groups excluding carboxylic acids is 1. The first-order valence-corrected chi connectivity index (χ1v) is 7.14. The third kappa shape index (κ3) is 4.75. The minimum absolute atomic E-state index is 0.00838. The molecule has 100 valence electrons. The van der Waals surface area contributed by atoms with E-state index in [1.165, 1.54) is 17.5 Å². The molecule has 5 nitrogen and oxygen atoms in total. The number of carbonyl (C=O) groups is 1. The molecule has 2 aromatic rings. The van der Waals surface area contributed by atoms with Crippen LogP contribution in [0.15, 0.2) is 30.6 Å². The summed E-state index contributed by atoms with van der Waals surface area (Å²) in [5.41, 5.74) is 2.49. The number of aromatic amines is 1. The summed E-state index contributed by atoms with van der Waals surface area (Å²) in [7, 11) is 0. The van der Waals surface area contributed by atoms with Crippen LogP contribution in [0.25, 0.3) is 0 Å². The van der Waals surface area contributed by atoms with Crippen LogP contribution in [0.5, 0.6) is 0 Å². The van der Waals surface area contributed by atoms with Crippen LogP contribution in [0, 0.1) is 6.92 Å². The fourth-order valence-corrected chi connectivity index (χ4v) is 2.42. The van der Waals surface area contributed by atoms with Gasteiger partial charge in [0.05, 0.1) is 12.3 Å². The van der Waals surface area contributed by atoms with Gasteiger partial charge in [0.15, 0.2) is 0 Å². The molecule has 0 fully saturated rings. The smallest absolute Gasteiger partial charge is 0.230 e. The van der Waals surface area contributed by atoms with E-state index in [4.69, 9.17) is 0 Å². The summed E-state index contributed by atoms with van der Waals surface area (Å²) in [6, 6.07) is 8.32. The fraction of sp³-hybridized carbons (Fsp3) is 0.308. The first kappa shape index (κ1) is 13.6. The van der Waals surface area contributed by atoms with Crippen molar-refractivity contribution >= 4 is 17.7 Å². The molecule has 0 bridgehead atoms. The lowest BCUT2D eigenvalue weighted by atomic mass is 10.2. The summed E-state index contributed by atoms with van der Waals surface area (Å²) < 4.78 is 0. The molecular formula is C13H16N4OS. The summed E-state index contributed by atoms with van der Waals surface area (Å²) in [6.07, 6.45) is 1.42. The maximum absolute atomic E-state index is 11.6. The van der Waals surface area contributed by atoms with Crippen molar-refractivity contribution in [3.05, 3.63) is 47.5 Å². The predicted octanol–water partition coefficient (Wildman–Crippen LogP) is 1.66. The van der Waals surface area contributed by atoms with Crippen LogP contribution < -0.4 is 5.32 Å². The van der Waals surface area contributed by atoms with E-state index in [0.717, 1.165) is 5.75 Å². The Morgan fingerprint density at radius 3 is 3.11 bits per heavy atom. The molecule has 1 aromatic heterocycles. The van der Waals surface area contributed by atoms with Crippen LogP contribution >= 0.6 is 11.8 Å². The van der Waals surface area contributed by atoms with E-state index in [1.54, 1.807) is 11.8 Å². The van der Waals surface area contributed by atoms with E-state index in [1.807, 2.05) is 6.07 Å². The Labute approximate surface area is 116 Å². The van der Waals surface area contributed by atoms with Gasteiger partial charge in [-0.2, -0.15) is 5.10 Å². The Hall–Kier alpha value is -1.82. The molecule has 0 atom stereocenters. The summed E-state index contributed by atoms with van der Waals surface area (Å²) in [6.45, 7) is 2.46. The zero-order chi connectivity index (χ0) is 13.5. The quantitative estimate of drug-likeness (QED) is 0.842. The number of benzene rings is 1. The Morgan fingerprint density at radius 1 is 1.47 bits per heavy atom. The van der Waals surface area contributed by atoms with E-state index >= 15 is 0 Å². The van der Waals surface area contributed by atoms with Crippen LogP contribution in [-0.2, 0) is 17.1 Å². The maximum atomic E-state index is 11.6. The summed E-state index contributed by atoms with van der Waals surface area (Å²) in [5.74, 6) is 1.96. The van der Waals surface area contributed by atoms with E-state index in [9.17, 15) is 4.79 Å². The number of aromatic nitrogens is 3. The van der Waals surface area contributed by atoms with Crippen molar-refractivity contribution in [1.29, 1.82) is 0 Å². The summed E-state index contributed by atoms with van der Waals surface area (Å²) in [5, 5.41) is 9.20. The molecule has 0 aliphatic heterocycles. The number of thioether (sulfide) groups is 1. The van der Waals surface area contributed by atoms with E-state index in [-0.39, 0.29) is 5.91 Å². The molecule has 2 rings (SSSR count). The van der Waals surface area contributed by atoms with Gasteiger partial charge in [-0.05, 0) is 12.5 Å². The Balaban J connectivity index is 1.66. The van der Waals surface area contributed by atoms with Gasteiger partial charge in [0.2, 0.25) is 5.91 Å². The summed E-state index contributed by atoms with van der Waals surface area (Å²) in [4.78, 5) is 15.5. The van der Waals surface area contributed by atoms with Crippen LogP contribution in [-0.4, -0.2) is 26.8 Å². The third-order valence-corrected chi connectivity index (χ3v) is 3.51. The van der Waals surface area contributed by atoms with Crippen LogP contribution in [0.4, 0.5) is 0 Å². The van der Waals surface area contributed by atoms with Gasteiger partial charge in [-0.1, -0.05) is 29.8 Å². The average molecular weight is 276 g/mol. The molecule has 0 unspecified atom stereocenters. The van der Waals surface area contributed by atoms with Gasteiger partial charge in [-0.15, -0.1) is 11.8 Å². The largest absolute Gasteiger partial charge is 0.348 e. The van der Waals surface area contributed by atoms with E-state index in [2.05, 4.69) is 45.6 Å². The molecule has 2 N–H and O–H groups in total. The Morgan fingerprint density at radius 2 is 2.37 bits per heavy atom. The number of amides is 1. The summed E-state index contributed by atoms with van der Waals surface area (Å²) >= 11 is 1.60. The zero-order valence-electron chi connectivity index (χ0n) is 10.7. The Kier molecular flexibility index (Phi) is 4.97. The van der Waals surface area contributed by atoms with Crippen LogP contribution in [0.1, 0.15) is 17.0 Å². The van der Waals surface area contributed by atoms with Crippen molar-refractivity contribution < 1.29 is 4.79 Å². The van der Waals surface area contributed by atoms with Crippen molar-refractivity contribution in [3.63, 3.8) is 0 Å². The van der Waals surface area contributed by atoms with Crippen LogP contribution in [0.2, 0.25) is 0 Å². The maximum Gasteiger partial charge on any atom is 0.230 e. The SMILES string of the molecule is Cc1cccc(CSCC(=O)NCc2ncn[nH]2)c1. The van der Waals surface area contributed by atoms with Gasteiger partial charge >= 0.3 is 0 Å². The normalized spacial score (nSPS) is 10.4. The van der Waals surface area contributed by atoms with Crippen molar-refractivity contribution in [3.8, 4) is 0 Å². The molecular weight excluding hydrogens is 260 g/mol. The first-order valence-electron chi connectivity index (χ1n) is 5.98. The van der Waals surface area contributed by atoms with E-state index < -0.39 is 0 Å². The number of nitrogens with zero attached hydrogens (tertiary/aromatic N) is 2. The molecule has 1 amide bonds. The standard InChI is InChI=1S/C13H16N4OS/c1-10-3-2-4-11(5-10)7-19-8-13(18)14-6-12-15-9-16-17-12/h2-5,9H,6-8H2,1H3,(H,14,18)(H,15,16,17). The molecule has 0 radical (unpaired) electrons. The highest BCUT2D eigenvalue weighted by atomic mass is 32.2. The van der Waals surface area contributed by atoms with E-state index in [0.29, 0.717) is 18.1 Å². The first-order chi connectivity index (χ1) is 9.24. The lowest BCUT2D eigenvalue weighted by Crippen LogP contribution is -2.25. The topological polar surface area (TPSA) is 70.7 Å². The fourth-order valence-electron chi connectivity index (χ4n) is 1.61. The number of nitrogens with one attached hydrogen (secondary N) is 2. The van der Waals surface area contributed by atoms with Gasteiger partial charge in [-0.3, -0.25) is 9.89 Å². The Bertz CT molecular complexity index is 527. The zero-order valence-corrected chi connectivity index (χ0v) is 11.5. The van der Waals surface area contributed by atoms with Crippen molar-refractivity contribution in [2.45, 2.75) is 19.2 Å². The second-order valence-corrected chi connectivity index (χ2v) is 5.18. The second-order valence-electron chi connectivity index (χ2n) is 4.19. The van der Waals surface area contributed by atoms with Crippen molar-refractivity contribution in [2.24, 2.45) is 0 Å². The highest BCUT2D eigenvalue weighted by Gasteiger charge is 2.03. The monoisotopic (exact) mass is 276 g/mol. The number of hydrogen-bond donors (Lipinski definition) is 2. The van der Waals surface area contributed by atoms with Gasteiger partial charge in [0.25, 0.3) is 0 Å². The lowest BCUT2D eigenvalue weighted by molar-refractivity contribution is -0.118. The molecule has 0 saturated heterocycles. The molecule has 1 aromatic carbocycles. The number of rotatable bonds is 6. The van der Waals surface area contributed by atoms with Gasteiger partial charge in [0, 0.05) is 5.75 Å². The van der Waals surface area contributed by atoms with Crippen LogP contribution in [0.3, 0.4) is 0 Å².